The second kappa shape index (κ2) is 3.87. The molecule has 1 aromatic carbocycles. The van der Waals surface area contributed by atoms with E-state index >= 15 is 0 Å². The van der Waals surface area contributed by atoms with Crippen LogP contribution in [0.25, 0.3) is 10.9 Å². The van der Waals surface area contributed by atoms with Crippen molar-refractivity contribution in [2.45, 2.75) is 13.3 Å². The summed E-state index contributed by atoms with van der Waals surface area (Å²) in [5.41, 5.74) is 9.13. The van der Waals surface area contributed by atoms with Gasteiger partial charge >= 0.3 is 0 Å². The van der Waals surface area contributed by atoms with Crippen molar-refractivity contribution in [3.8, 4) is 0 Å². The normalized spacial score (nSPS) is 11.2. The third kappa shape index (κ3) is 1.54. The Hall–Kier alpha value is -0.990. The number of hydrogen-bond acceptors (Lipinski definition) is 1. The lowest BCUT2D eigenvalue weighted by Crippen LogP contribution is -2.02. The van der Waals surface area contributed by atoms with Crippen LogP contribution in [0, 0.1) is 6.92 Å². The number of rotatable bonds is 2. The van der Waals surface area contributed by atoms with E-state index in [2.05, 4.69) is 22.8 Å². The first kappa shape index (κ1) is 10.5. The standard InChI is InChI=1S/C12H15ClN2/c1-8-12(13)11-9(6-7-14)4-3-5-10(11)15(8)2/h3-5H,6-7,14H2,1-2H3. The number of benzene rings is 1. The molecule has 0 amide bonds. The molecule has 0 saturated carbocycles. The van der Waals surface area contributed by atoms with Crippen LogP contribution in [0.1, 0.15) is 11.3 Å². The molecule has 2 rings (SSSR count). The molecule has 2 nitrogen and oxygen atoms in total. The number of hydrogen-bond donors (Lipinski definition) is 1. The van der Waals surface area contributed by atoms with Gasteiger partial charge < -0.3 is 10.3 Å². The molecule has 0 saturated heterocycles. The molecule has 3 heteroatoms. The Kier molecular flexibility index (Phi) is 2.72. The fourth-order valence-electron chi connectivity index (χ4n) is 1.99. The van der Waals surface area contributed by atoms with Gasteiger partial charge in [-0.15, -0.1) is 0 Å². The minimum atomic E-state index is 0.656. The number of nitrogens with zero attached hydrogens (tertiary/aromatic N) is 1. The molecule has 0 radical (unpaired) electrons. The first-order valence-electron chi connectivity index (χ1n) is 5.09. The third-order valence-electron chi connectivity index (χ3n) is 2.94. The van der Waals surface area contributed by atoms with Gasteiger partial charge in [-0.2, -0.15) is 0 Å². The van der Waals surface area contributed by atoms with Gasteiger partial charge in [0.05, 0.1) is 5.02 Å². The van der Waals surface area contributed by atoms with Gasteiger partial charge in [0, 0.05) is 23.6 Å². The SMILES string of the molecule is Cc1c(Cl)c2c(CCN)cccc2n1C. The van der Waals surface area contributed by atoms with E-state index in [1.54, 1.807) is 0 Å². The summed E-state index contributed by atoms with van der Waals surface area (Å²) in [6.07, 6.45) is 0.876. The Labute approximate surface area is 94.6 Å². The highest BCUT2D eigenvalue weighted by atomic mass is 35.5. The predicted octanol–water partition coefficient (Wildman–Crippen LogP) is 2.64. The van der Waals surface area contributed by atoms with E-state index in [-0.39, 0.29) is 0 Å². The van der Waals surface area contributed by atoms with Crippen molar-refractivity contribution >= 4 is 22.5 Å². The molecule has 0 aliphatic rings. The van der Waals surface area contributed by atoms with Gasteiger partial charge in [0.2, 0.25) is 0 Å². The minimum Gasteiger partial charge on any atom is -0.346 e. The number of nitrogens with two attached hydrogens (primary N) is 1. The number of aryl methyl sites for hydroxylation is 1. The minimum absolute atomic E-state index is 0.656. The monoisotopic (exact) mass is 222 g/mol. The van der Waals surface area contributed by atoms with Gasteiger partial charge in [0.15, 0.2) is 0 Å². The van der Waals surface area contributed by atoms with E-state index in [1.807, 2.05) is 14.0 Å². The summed E-state index contributed by atoms with van der Waals surface area (Å²) in [5, 5.41) is 2.01. The number of halogens is 1. The maximum Gasteiger partial charge on any atom is 0.0693 e. The highest BCUT2D eigenvalue weighted by Crippen LogP contribution is 2.32. The van der Waals surface area contributed by atoms with Crippen molar-refractivity contribution in [2.75, 3.05) is 6.54 Å². The molecule has 0 fully saturated rings. The Balaban J connectivity index is 2.79. The second-order valence-electron chi connectivity index (χ2n) is 3.81. The molecule has 0 atom stereocenters. The third-order valence-corrected chi connectivity index (χ3v) is 3.41. The Morgan fingerprint density at radius 3 is 2.80 bits per heavy atom. The molecule has 0 unspecified atom stereocenters. The summed E-state index contributed by atoms with van der Waals surface area (Å²) in [7, 11) is 2.04. The van der Waals surface area contributed by atoms with Crippen molar-refractivity contribution in [2.24, 2.45) is 12.8 Å². The molecule has 1 heterocycles. The van der Waals surface area contributed by atoms with Crippen LogP contribution in [0.3, 0.4) is 0 Å². The van der Waals surface area contributed by atoms with Crippen LogP contribution in [0.5, 0.6) is 0 Å². The summed E-state index contributed by atoms with van der Waals surface area (Å²) in [5.74, 6) is 0. The van der Waals surface area contributed by atoms with Crippen molar-refractivity contribution in [1.29, 1.82) is 0 Å². The highest BCUT2D eigenvalue weighted by molar-refractivity contribution is 6.36. The Bertz CT molecular complexity index is 500. The van der Waals surface area contributed by atoms with Crippen LogP contribution in [0.15, 0.2) is 18.2 Å². The van der Waals surface area contributed by atoms with Gasteiger partial charge in [-0.05, 0) is 31.5 Å². The van der Waals surface area contributed by atoms with E-state index in [0.717, 1.165) is 22.5 Å². The molecule has 2 N–H and O–H groups in total. The van der Waals surface area contributed by atoms with Gasteiger partial charge in [-0.25, -0.2) is 0 Å². The van der Waals surface area contributed by atoms with Crippen LogP contribution >= 0.6 is 11.6 Å². The lowest BCUT2D eigenvalue weighted by atomic mass is 10.1. The topological polar surface area (TPSA) is 30.9 Å². The molecular weight excluding hydrogens is 208 g/mol. The maximum absolute atomic E-state index is 6.33. The van der Waals surface area contributed by atoms with E-state index in [4.69, 9.17) is 17.3 Å². The summed E-state index contributed by atoms with van der Waals surface area (Å²) >= 11 is 6.33. The van der Waals surface area contributed by atoms with Crippen molar-refractivity contribution < 1.29 is 0 Å². The van der Waals surface area contributed by atoms with Crippen molar-refractivity contribution in [3.05, 3.63) is 34.5 Å². The first-order chi connectivity index (χ1) is 7.16. The van der Waals surface area contributed by atoms with Crippen molar-refractivity contribution in [3.63, 3.8) is 0 Å². The van der Waals surface area contributed by atoms with Gasteiger partial charge in [0.25, 0.3) is 0 Å². The lowest BCUT2D eigenvalue weighted by Gasteiger charge is -2.02. The van der Waals surface area contributed by atoms with E-state index in [1.165, 1.54) is 11.1 Å². The zero-order valence-corrected chi connectivity index (χ0v) is 9.80. The van der Waals surface area contributed by atoms with Crippen LogP contribution < -0.4 is 5.73 Å². The van der Waals surface area contributed by atoms with Gasteiger partial charge in [0.1, 0.15) is 0 Å². The average Bonchev–Trinajstić information content (AvgIpc) is 2.46. The Morgan fingerprint density at radius 2 is 2.13 bits per heavy atom. The average molecular weight is 223 g/mol. The summed E-state index contributed by atoms with van der Waals surface area (Å²) < 4.78 is 2.12. The lowest BCUT2D eigenvalue weighted by molar-refractivity contribution is 0.917. The predicted molar refractivity (Wildman–Crippen MR) is 65.4 cm³/mol. The number of fused-ring (bicyclic) bond motifs is 1. The quantitative estimate of drug-likeness (QED) is 0.832. The summed E-state index contributed by atoms with van der Waals surface area (Å²) in [4.78, 5) is 0. The van der Waals surface area contributed by atoms with E-state index < -0.39 is 0 Å². The van der Waals surface area contributed by atoms with Crippen LogP contribution in [0.2, 0.25) is 5.02 Å². The number of aromatic nitrogens is 1. The van der Waals surface area contributed by atoms with Gasteiger partial charge in [-0.3, -0.25) is 0 Å². The molecule has 0 bridgehead atoms. The van der Waals surface area contributed by atoms with Crippen LogP contribution in [-0.2, 0) is 13.5 Å². The molecule has 0 aliphatic carbocycles. The highest BCUT2D eigenvalue weighted by Gasteiger charge is 2.12. The second-order valence-corrected chi connectivity index (χ2v) is 4.19. The Morgan fingerprint density at radius 1 is 1.40 bits per heavy atom. The molecule has 2 aromatic rings. The molecule has 80 valence electrons. The van der Waals surface area contributed by atoms with Crippen LogP contribution in [-0.4, -0.2) is 11.1 Å². The maximum atomic E-state index is 6.33. The van der Waals surface area contributed by atoms with E-state index in [0.29, 0.717) is 6.54 Å². The zero-order valence-electron chi connectivity index (χ0n) is 9.05. The van der Waals surface area contributed by atoms with Crippen molar-refractivity contribution in [1.82, 2.24) is 4.57 Å². The molecule has 0 aliphatic heterocycles. The smallest absolute Gasteiger partial charge is 0.0693 e. The zero-order chi connectivity index (χ0) is 11.0. The largest absolute Gasteiger partial charge is 0.346 e. The molecule has 1 aromatic heterocycles. The fraction of sp³-hybridized carbons (Fsp3) is 0.333. The van der Waals surface area contributed by atoms with Crippen LogP contribution in [0.4, 0.5) is 0 Å². The molecule has 15 heavy (non-hydrogen) atoms. The molecule has 0 spiro atoms. The first-order valence-corrected chi connectivity index (χ1v) is 5.47. The van der Waals surface area contributed by atoms with E-state index in [9.17, 15) is 0 Å². The summed E-state index contributed by atoms with van der Waals surface area (Å²) in [6, 6.07) is 6.25. The molecular formula is C12H15ClN2. The fourth-order valence-corrected chi connectivity index (χ4v) is 2.34. The van der Waals surface area contributed by atoms with Gasteiger partial charge in [-0.1, -0.05) is 23.7 Å². The summed E-state index contributed by atoms with van der Waals surface area (Å²) in [6.45, 7) is 2.69.